The van der Waals surface area contributed by atoms with Crippen LogP contribution in [-0.2, 0) is 0 Å². The average molecular weight is 327 g/mol. The monoisotopic (exact) mass is 327 g/mol. The van der Waals surface area contributed by atoms with Gasteiger partial charge in [-0.3, -0.25) is 10.1 Å². The first kappa shape index (κ1) is 15.2. The van der Waals surface area contributed by atoms with Crippen LogP contribution in [0.1, 0.15) is 11.6 Å². The molecule has 3 aromatic rings. The molecule has 0 saturated carbocycles. The number of rotatable bonds is 5. The van der Waals surface area contributed by atoms with Gasteiger partial charge in [-0.25, -0.2) is 10.1 Å². The lowest BCUT2D eigenvalue weighted by Gasteiger charge is -1.99. The molecule has 0 aliphatic rings. The number of nitrogens with one attached hydrogen (secondary N) is 1. The number of nitrogens with two attached hydrogens (primary N) is 1. The Bertz CT molecular complexity index is 913. The van der Waals surface area contributed by atoms with Crippen LogP contribution in [0.25, 0.3) is 11.3 Å². The van der Waals surface area contributed by atoms with E-state index in [0.29, 0.717) is 22.9 Å². The quantitative estimate of drug-likeness (QED) is 0.316. The van der Waals surface area contributed by atoms with Crippen LogP contribution in [-0.4, -0.2) is 26.0 Å². The van der Waals surface area contributed by atoms with Gasteiger partial charge in [-0.05, 0) is 25.1 Å². The van der Waals surface area contributed by atoms with Crippen molar-refractivity contribution in [2.75, 3.05) is 11.3 Å². The van der Waals surface area contributed by atoms with Gasteiger partial charge in [-0.1, -0.05) is 12.1 Å². The van der Waals surface area contributed by atoms with Crippen LogP contribution >= 0.6 is 0 Å². The third-order valence-electron chi connectivity index (χ3n) is 3.22. The lowest BCUT2D eigenvalue weighted by Crippen LogP contribution is -2.13. The first-order valence-electron chi connectivity index (χ1n) is 6.86. The van der Waals surface area contributed by atoms with E-state index < -0.39 is 4.92 Å². The fourth-order valence-electron chi connectivity index (χ4n) is 2.01. The molecule has 0 radical (unpaired) electrons. The zero-order valence-corrected chi connectivity index (χ0v) is 12.6. The maximum Gasteiger partial charge on any atom is 0.280 e. The minimum Gasteiger partial charge on any atom is -0.455 e. The summed E-state index contributed by atoms with van der Waals surface area (Å²) in [6, 6.07) is 9.63. The van der Waals surface area contributed by atoms with Crippen molar-refractivity contribution in [3.8, 4) is 11.3 Å². The molecule has 0 atom stereocenters. The molecule has 2 heterocycles. The van der Waals surface area contributed by atoms with Crippen LogP contribution in [0, 0.1) is 17.0 Å². The van der Waals surface area contributed by atoms with E-state index in [-0.39, 0.29) is 11.6 Å². The summed E-state index contributed by atoms with van der Waals surface area (Å²) < 4.78 is 6.81. The third-order valence-corrected chi connectivity index (χ3v) is 3.22. The van der Waals surface area contributed by atoms with E-state index in [1.54, 1.807) is 37.3 Å². The number of anilines is 1. The van der Waals surface area contributed by atoms with Crippen LogP contribution in [0.5, 0.6) is 0 Å². The molecule has 0 aliphatic carbocycles. The van der Waals surface area contributed by atoms with Crippen molar-refractivity contribution in [3.63, 3.8) is 0 Å². The Kier molecular flexibility index (Phi) is 3.93. The van der Waals surface area contributed by atoms with Crippen molar-refractivity contribution in [2.45, 2.75) is 6.92 Å². The van der Waals surface area contributed by atoms with Crippen molar-refractivity contribution in [1.29, 1.82) is 0 Å². The second-order valence-corrected chi connectivity index (χ2v) is 4.79. The van der Waals surface area contributed by atoms with Gasteiger partial charge in [0.25, 0.3) is 11.6 Å². The zero-order valence-electron chi connectivity index (χ0n) is 12.6. The summed E-state index contributed by atoms with van der Waals surface area (Å²) in [5, 5.41) is 22.6. The van der Waals surface area contributed by atoms with E-state index in [0.717, 1.165) is 0 Å². The molecule has 3 rings (SSSR count). The first-order valence-corrected chi connectivity index (χ1v) is 6.86. The molecule has 0 amide bonds. The van der Waals surface area contributed by atoms with Crippen LogP contribution in [0.2, 0.25) is 0 Å². The smallest absolute Gasteiger partial charge is 0.280 e. The molecule has 0 unspecified atom stereocenters. The number of hydrazone groups is 1. The number of hydrogen-bond donors (Lipinski definition) is 2. The Morgan fingerprint density at radius 2 is 2.12 bits per heavy atom. The van der Waals surface area contributed by atoms with Crippen LogP contribution in [0.3, 0.4) is 0 Å². The van der Waals surface area contributed by atoms with Crippen molar-refractivity contribution in [3.05, 3.63) is 58.1 Å². The van der Waals surface area contributed by atoms with E-state index in [2.05, 4.69) is 20.7 Å². The Labute approximate surface area is 135 Å². The predicted octanol–water partition coefficient (Wildman–Crippen LogP) is 1.91. The number of nitrogens with zero attached hydrogens (tertiary/aromatic N) is 5. The number of aromatic nitrogens is 3. The minimum absolute atomic E-state index is 0.0276. The zero-order chi connectivity index (χ0) is 17.1. The fourth-order valence-corrected chi connectivity index (χ4v) is 2.01. The SMILES string of the molecule is Cc1nnc(N/N=C\c2ccc(-c3ccccc3[N+](=O)[O-])o2)n1N. The molecule has 2 aromatic heterocycles. The third kappa shape index (κ3) is 2.92. The summed E-state index contributed by atoms with van der Waals surface area (Å²) >= 11 is 0. The van der Waals surface area contributed by atoms with Gasteiger partial charge in [0.1, 0.15) is 11.5 Å². The fraction of sp³-hybridized carbons (Fsp3) is 0.0714. The molecule has 24 heavy (non-hydrogen) atoms. The molecular weight excluding hydrogens is 314 g/mol. The van der Waals surface area contributed by atoms with Gasteiger partial charge in [0.05, 0.1) is 16.7 Å². The summed E-state index contributed by atoms with van der Waals surface area (Å²) in [6.45, 7) is 1.70. The molecule has 3 N–H and O–H groups in total. The van der Waals surface area contributed by atoms with E-state index in [4.69, 9.17) is 10.3 Å². The highest BCUT2D eigenvalue weighted by Gasteiger charge is 2.16. The Hall–Kier alpha value is -3.69. The largest absolute Gasteiger partial charge is 0.455 e. The van der Waals surface area contributed by atoms with Crippen LogP contribution in [0.15, 0.2) is 45.9 Å². The highest BCUT2D eigenvalue weighted by Crippen LogP contribution is 2.30. The summed E-state index contributed by atoms with van der Waals surface area (Å²) in [7, 11) is 0. The maximum absolute atomic E-state index is 11.1. The van der Waals surface area contributed by atoms with Gasteiger partial charge in [0, 0.05) is 6.07 Å². The number of nitro benzene ring substituents is 1. The molecule has 0 saturated heterocycles. The number of aryl methyl sites for hydroxylation is 1. The minimum atomic E-state index is -0.455. The molecule has 0 bridgehead atoms. The maximum atomic E-state index is 11.1. The summed E-state index contributed by atoms with van der Waals surface area (Å²) in [4.78, 5) is 10.6. The van der Waals surface area contributed by atoms with Crippen LogP contribution < -0.4 is 11.3 Å². The first-order chi connectivity index (χ1) is 11.6. The van der Waals surface area contributed by atoms with Crippen molar-refractivity contribution in [1.82, 2.24) is 14.9 Å². The number of nitro groups is 1. The van der Waals surface area contributed by atoms with Gasteiger partial charge in [-0.15, -0.1) is 10.2 Å². The molecule has 0 spiro atoms. The van der Waals surface area contributed by atoms with Gasteiger partial charge in [0.15, 0.2) is 5.82 Å². The molecule has 122 valence electrons. The van der Waals surface area contributed by atoms with Crippen molar-refractivity contribution >= 4 is 17.9 Å². The topological polar surface area (TPSA) is 137 Å². The highest BCUT2D eigenvalue weighted by atomic mass is 16.6. The summed E-state index contributed by atoms with van der Waals surface area (Å²) in [5.74, 6) is 7.27. The number of hydrogen-bond acceptors (Lipinski definition) is 8. The molecule has 1 aromatic carbocycles. The number of furan rings is 1. The molecular formula is C14H13N7O3. The molecule has 0 fully saturated rings. The van der Waals surface area contributed by atoms with Gasteiger partial charge >= 0.3 is 0 Å². The normalized spacial score (nSPS) is 11.0. The number of para-hydroxylation sites is 1. The Morgan fingerprint density at radius 3 is 2.83 bits per heavy atom. The van der Waals surface area contributed by atoms with E-state index in [9.17, 15) is 10.1 Å². The lowest BCUT2D eigenvalue weighted by atomic mass is 10.1. The summed E-state index contributed by atoms with van der Waals surface area (Å²) in [6.07, 6.45) is 1.41. The number of nitrogen functional groups attached to an aromatic ring is 1. The van der Waals surface area contributed by atoms with Crippen LogP contribution in [0.4, 0.5) is 11.6 Å². The van der Waals surface area contributed by atoms with Crippen molar-refractivity contribution in [2.24, 2.45) is 5.10 Å². The predicted molar refractivity (Wildman–Crippen MR) is 86.9 cm³/mol. The standard InChI is InChI=1S/C14H13N7O3/c1-9-17-19-14(20(9)15)18-16-8-10-6-7-13(24-10)11-4-2-3-5-12(11)21(22)23/h2-8H,15H2,1H3,(H,18,19)/b16-8-. The second kappa shape index (κ2) is 6.20. The molecule has 10 heteroatoms. The summed E-state index contributed by atoms with van der Waals surface area (Å²) in [5.41, 5.74) is 2.99. The average Bonchev–Trinajstić information content (AvgIpc) is 3.17. The number of benzene rings is 1. The van der Waals surface area contributed by atoms with Gasteiger partial charge < -0.3 is 10.3 Å². The van der Waals surface area contributed by atoms with Crippen molar-refractivity contribution < 1.29 is 9.34 Å². The molecule has 0 aliphatic heterocycles. The Morgan fingerprint density at radius 1 is 1.33 bits per heavy atom. The molecule has 10 nitrogen and oxygen atoms in total. The lowest BCUT2D eigenvalue weighted by molar-refractivity contribution is -0.384. The highest BCUT2D eigenvalue weighted by molar-refractivity contribution is 5.79. The van der Waals surface area contributed by atoms with E-state index in [1.165, 1.54) is 17.0 Å². The second-order valence-electron chi connectivity index (χ2n) is 4.79. The van der Waals surface area contributed by atoms with Gasteiger partial charge in [0.2, 0.25) is 0 Å². The Balaban J connectivity index is 1.78. The van der Waals surface area contributed by atoms with Gasteiger partial charge in [-0.2, -0.15) is 5.10 Å². The van der Waals surface area contributed by atoms with E-state index >= 15 is 0 Å². The van der Waals surface area contributed by atoms with E-state index in [1.807, 2.05) is 0 Å².